The first-order valence-corrected chi connectivity index (χ1v) is 6.97. The van der Waals surface area contributed by atoms with Gasteiger partial charge in [-0.15, -0.1) is 24.8 Å². The molecular formula is C16H24Cl2N4O. The van der Waals surface area contributed by atoms with Gasteiger partial charge < -0.3 is 15.6 Å². The lowest BCUT2D eigenvalue weighted by Gasteiger charge is -2.18. The van der Waals surface area contributed by atoms with Crippen LogP contribution in [0.4, 0.5) is 0 Å². The molecule has 0 spiro atoms. The molecule has 0 bridgehead atoms. The Hall–Kier alpha value is -1.56. The van der Waals surface area contributed by atoms with Gasteiger partial charge in [-0.1, -0.05) is 6.07 Å². The van der Waals surface area contributed by atoms with Gasteiger partial charge in [0.05, 0.1) is 5.56 Å². The molecule has 0 saturated carbocycles. The van der Waals surface area contributed by atoms with Crippen molar-refractivity contribution in [1.29, 1.82) is 0 Å². The Morgan fingerprint density at radius 2 is 1.96 bits per heavy atom. The van der Waals surface area contributed by atoms with Crippen molar-refractivity contribution >= 4 is 30.7 Å². The SMILES string of the molecule is Cc1cc(C(=O)NCC(C)(C)N)c(C)n1-c1ccccn1.Cl.Cl. The maximum absolute atomic E-state index is 12.3. The van der Waals surface area contributed by atoms with Gasteiger partial charge in [0.25, 0.3) is 5.91 Å². The molecular weight excluding hydrogens is 335 g/mol. The molecule has 0 fully saturated rings. The highest BCUT2D eigenvalue weighted by Gasteiger charge is 2.19. The molecule has 2 heterocycles. The summed E-state index contributed by atoms with van der Waals surface area (Å²) in [6.45, 7) is 8.07. The number of halogens is 2. The molecule has 0 atom stereocenters. The molecule has 0 aromatic carbocycles. The maximum atomic E-state index is 12.3. The van der Waals surface area contributed by atoms with E-state index in [1.54, 1.807) is 6.20 Å². The first kappa shape index (κ1) is 21.4. The summed E-state index contributed by atoms with van der Waals surface area (Å²) in [5.74, 6) is 0.703. The fourth-order valence-corrected chi connectivity index (χ4v) is 2.23. The molecule has 128 valence electrons. The molecule has 7 heteroatoms. The zero-order valence-electron chi connectivity index (χ0n) is 13.8. The van der Waals surface area contributed by atoms with Crippen molar-refractivity contribution in [3.05, 3.63) is 47.4 Å². The first-order valence-electron chi connectivity index (χ1n) is 6.97. The molecule has 23 heavy (non-hydrogen) atoms. The van der Waals surface area contributed by atoms with E-state index in [2.05, 4.69) is 10.3 Å². The van der Waals surface area contributed by atoms with Crippen LogP contribution in [-0.2, 0) is 0 Å². The lowest BCUT2D eigenvalue weighted by molar-refractivity contribution is 0.0945. The van der Waals surface area contributed by atoms with Gasteiger partial charge in [0, 0.05) is 29.7 Å². The summed E-state index contributed by atoms with van der Waals surface area (Å²) in [7, 11) is 0. The van der Waals surface area contributed by atoms with Crippen molar-refractivity contribution in [3.8, 4) is 5.82 Å². The van der Waals surface area contributed by atoms with Crippen molar-refractivity contribution in [2.24, 2.45) is 5.73 Å². The summed E-state index contributed by atoms with van der Waals surface area (Å²) in [4.78, 5) is 16.6. The van der Waals surface area contributed by atoms with E-state index in [0.717, 1.165) is 17.2 Å². The summed E-state index contributed by atoms with van der Waals surface area (Å²) in [5.41, 5.74) is 7.97. The summed E-state index contributed by atoms with van der Waals surface area (Å²) >= 11 is 0. The summed E-state index contributed by atoms with van der Waals surface area (Å²) in [5, 5.41) is 2.87. The average Bonchev–Trinajstić information content (AvgIpc) is 2.71. The Morgan fingerprint density at radius 3 is 2.48 bits per heavy atom. The maximum Gasteiger partial charge on any atom is 0.253 e. The molecule has 0 radical (unpaired) electrons. The van der Waals surface area contributed by atoms with Gasteiger partial charge in [0.15, 0.2) is 0 Å². The van der Waals surface area contributed by atoms with E-state index in [1.165, 1.54) is 0 Å². The molecule has 2 rings (SSSR count). The lowest BCUT2D eigenvalue weighted by Crippen LogP contribution is -2.45. The quantitative estimate of drug-likeness (QED) is 0.882. The number of hydrogen-bond acceptors (Lipinski definition) is 3. The number of hydrogen-bond donors (Lipinski definition) is 2. The minimum absolute atomic E-state index is 0. The van der Waals surface area contributed by atoms with Gasteiger partial charge >= 0.3 is 0 Å². The van der Waals surface area contributed by atoms with E-state index >= 15 is 0 Å². The van der Waals surface area contributed by atoms with Crippen LogP contribution in [0.3, 0.4) is 0 Å². The van der Waals surface area contributed by atoms with Crippen molar-refractivity contribution in [2.75, 3.05) is 6.54 Å². The summed E-state index contributed by atoms with van der Waals surface area (Å²) in [6, 6.07) is 7.60. The number of nitrogens with one attached hydrogen (secondary N) is 1. The van der Waals surface area contributed by atoms with Crippen LogP contribution in [0.5, 0.6) is 0 Å². The van der Waals surface area contributed by atoms with E-state index in [9.17, 15) is 4.79 Å². The highest BCUT2D eigenvalue weighted by Crippen LogP contribution is 2.19. The summed E-state index contributed by atoms with van der Waals surface area (Å²) in [6.07, 6.45) is 1.74. The number of aryl methyl sites for hydroxylation is 1. The van der Waals surface area contributed by atoms with E-state index in [1.807, 2.05) is 56.5 Å². The average molecular weight is 359 g/mol. The van der Waals surface area contributed by atoms with E-state index in [0.29, 0.717) is 12.1 Å². The zero-order chi connectivity index (χ0) is 15.6. The molecule has 0 saturated heterocycles. The fourth-order valence-electron chi connectivity index (χ4n) is 2.23. The molecule has 0 aliphatic heterocycles. The highest BCUT2D eigenvalue weighted by molar-refractivity contribution is 5.95. The third-order valence-electron chi connectivity index (χ3n) is 3.26. The third-order valence-corrected chi connectivity index (χ3v) is 3.26. The standard InChI is InChI=1S/C16H22N4O.2ClH/c1-11-9-13(15(21)19-10-16(3,4)17)12(2)20(11)14-7-5-6-8-18-14;;/h5-9H,10,17H2,1-4H3,(H,19,21);2*1H. The van der Waals surface area contributed by atoms with Crippen LogP contribution >= 0.6 is 24.8 Å². The molecule has 3 N–H and O–H groups in total. The van der Waals surface area contributed by atoms with Gasteiger partial charge in [-0.3, -0.25) is 4.79 Å². The number of nitrogens with zero attached hydrogens (tertiary/aromatic N) is 2. The van der Waals surface area contributed by atoms with Crippen molar-refractivity contribution in [3.63, 3.8) is 0 Å². The Labute approximate surface area is 149 Å². The Kier molecular flexibility index (Phi) is 7.77. The second kappa shape index (κ2) is 8.34. The van der Waals surface area contributed by atoms with E-state index in [4.69, 9.17) is 5.73 Å². The van der Waals surface area contributed by atoms with Gasteiger partial charge in [-0.05, 0) is 45.9 Å². The molecule has 0 aliphatic rings. The number of carbonyl (C=O) groups is 1. The lowest BCUT2D eigenvalue weighted by atomic mass is 10.1. The normalized spacial score (nSPS) is 10.5. The van der Waals surface area contributed by atoms with Crippen LogP contribution in [-0.4, -0.2) is 27.5 Å². The molecule has 1 amide bonds. The van der Waals surface area contributed by atoms with Crippen LogP contribution in [0.1, 0.15) is 35.6 Å². The van der Waals surface area contributed by atoms with Gasteiger partial charge in [-0.2, -0.15) is 0 Å². The predicted octanol–water partition coefficient (Wildman–Crippen LogP) is 2.80. The minimum atomic E-state index is -0.428. The topological polar surface area (TPSA) is 72.9 Å². The van der Waals surface area contributed by atoms with Gasteiger partial charge in [0.1, 0.15) is 5.82 Å². The van der Waals surface area contributed by atoms with Crippen LogP contribution in [0, 0.1) is 13.8 Å². The monoisotopic (exact) mass is 358 g/mol. The molecule has 0 aliphatic carbocycles. The number of aromatic nitrogens is 2. The van der Waals surface area contributed by atoms with E-state index in [-0.39, 0.29) is 30.7 Å². The van der Waals surface area contributed by atoms with Crippen molar-refractivity contribution in [2.45, 2.75) is 33.2 Å². The predicted molar refractivity (Wildman–Crippen MR) is 98.1 cm³/mol. The zero-order valence-corrected chi connectivity index (χ0v) is 15.4. The highest BCUT2D eigenvalue weighted by atomic mass is 35.5. The largest absolute Gasteiger partial charge is 0.350 e. The van der Waals surface area contributed by atoms with Crippen LogP contribution < -0.4 is 11.1 Å². The fraction of sp³-hybridized carbons (Fsp3) is 0.375. The van der Waals surface area contributed by atoms with E-state index < -0.39 is 5.54 Å². The van der Waals surface area contributed by atoms with Crippen molar-refractivity contribution < 1.29 is 4.79 Å². The molecule has 5 nitrogen and oxygen atoms in total. The van der Waals surface area contributed by atoms with Gasteiger partial charge in [-0.25, -0.2) is 4.98 Å². The van der Waals surface area contributed by atoms with Gasteiger partial charge in [0.2, 0.25) is 0 Å². The number of carbonyl (C=O) groups excluding carboxylic acids is 1. The Bertz CT molecular complexity index is 648. The Balaban J connectivity index is 0.00000242. The van der Waals surface area contributed by atoms with Crippen LogP contribution in [0.25, 0.3) is 5.82 Å². The second-order valence-electron chi connectivity index (χ2n) is 5.98. The molecule has 0 unspecified atom stereocenters. The number of rotatable bonds is 4. The smallest absolute Gasteiger partial charge is 0.253 e. The van der Waals surface area contributed by atoms with Crippen LogP contribution in [0.2, 0.25) is 0 Å². The number of nitrogens with two attached hydrogens (primary N) is 1. The summed E-state index contributed by atoms with van der Waals surface area (Å²) < 4.78 is 1.97. The Morgan fingerprint density at radius 1 is 1.30 bits per heavy atom. The van der Waals surface area contributed by atoms with Crippen molar-refractivity contribution in [1.82, 2.24) is 14.9 Å². The molecule has 2 aromatic rings. The van der Waals surface area contributed by atoms with Crippen LogP contribution in [0.15, 0.2) is 30.5 Å². The number of pyridine rings is 1. The second-order valence-corrected chi connectivity index (χ2v) is 5.98. The molecule has 2 aromatic heterocycles. The third kappa shape index (κ3) is 5.23. The first-order chi connectivity index (χ1) is 9.79. The minimum Gasteiger partial charge on any atom is -0.350 e. The number of amides is 1.